The monoisotopic (exact) mass is 329 g/mol. The van der Waals surface area contributed by atoms with E-state index in [0.29, 0.717) is 12.5 Å². The zero-order valence-corrected chi connectivity index (χ0v) is 14.7. The second kappa shape index (κ2) is 9.96. The van der Waals surface area contributed by atoms with Gasteiger partial charge in [-0.3, -0.25) is 0 Å². The topological polar surface area (TPSA) is 39.7 Å². The average Bonchev–Trinajstić information content (AvgIpc) is 2.60. The average molecular weight is 329 g/mol. The number of para-hydroxylation sites is 1. The fourth-order valence-corrected chi connectivity index (χ4v) is 2.35. The maximum Gasteiger partial charge on any atom is 0.189 e. The van der Waals surface area contributed by atoms with Gasteiger partial charge in [-0.05, 0) is 24.1 Å². The van der Waals surface area contributed by atoms with Crippen molar-refractivity contribution in [3.63, 3.8) is 0 Å². The predicted octanol–water partition coefficient (Wildman–Crippen LogP) is 3.99. The molecule has 0 amide bonds. The maximum absolute atomic E-state index is 5.85. The van der Waals surface area contributed by atoms with Crippen LogP contribution < -0.4 is 14.8 Å². The second-order valence-corrected chi connectivity index (χ2v) is 6.07. The number of hydrogen-bond donors (Lipinski definition) is 1. The summed E-state index contributed by atoms with van der Waals surface area (Å²) in [5.74, 6) is 2.07. The normalized spacial score (nSPS) is 10.8. The Kier molecular flexibility index (Phi) is 7.59. The molecule has 0 aliphatic rings. The fraction of sp³-hybridized carbons (Fsp3) is 0.400. The Hall–Kier alpha value is -2.04. The number of hydrogen-bond acceptors (Lipinski definition) is 4. The first kappa shape index (κ1) is 18.3. The Morgan fingerprint density at radius 2 is 1.79 bits per heavy atom. The van der Waals surface area contributed by atoms with E-state index in [0.717, 1.165) is 35.7 Å². The molecule has 0 saturated carbocycles. The van der Waals surface area contributed by atoms with E-state index in [-0.39, 0.29) is 6.79 Å². The van der Waals surface area contributed by atoms with E-state index in [1.165, 1.54) is 0 Å². The lowest BCUT2D eigenvalue weighted by Crippen LogP contribution is -2.19. The zero-order valence-electron chi connectivity index (χ0n) is 14.7. The molecule has 0 aromatic heterocycles. The third-order valence-corrected chi connectivity index (χ3v) is 3.55. The molecule has 0 fully saturated rings. The van der Waals surface area contributed by atoms with Gasteiger partial charge < -0.3 is 19.5 Å². The van der Waals surface area contributed by atoms with Crippen LogP contribution in [-0.2, 0) is 17.9 Å². The largest absolute Gasteiger partial charge is 0.493 e. The van der Waals surface area contributed by atoms with Gasteiger partial charge >= 0.3 is 0 Å². The number of ether oxygens (including phenoxy) is 3. The minimum absolute atomic E-state index is 0.187. The molecular weight excluding hydrogens is 302 g/mol. The predicted molar refractivity (Wildman–Crippen MR) is 96.3 cm³/mol. The molecule has 24 heavy (non-hydrogen) atoms. The first-order valence-corrected chi connectivity index (χ1v) is 8.31. The van der Waals surface area contributed by atoms with Gasteiger partial charge in [-0.15, -0.1) is 0 Å². The lowest BCUT2D eigenvalue weighted by atomic mass is 10.1. The third kappa shape index (κ3) is 5.87. The van der Waals surface area contributed by atoms with Crippen molar-refractivity contribution in [3.05, 3.63) is 59.7 Å². The van der Waals surface area contributed by atoms with Gasteiger partial charge in [0.15, 0.2) is 18.3 Å². The van der Waals surface area contributed by atoms with Crippen LogP contribution in [0.2, 0.25) is 0 Å². The van der Waals surface area contributed by atoms with Crippen molar-refractivity contribution in [3.8, 4) is 11.5 Å². The van der Waals surface area contributed by atoms with Crippen molar-refractivity contribution >= 4 is 0 Å². The van der Waals surface area contributed by atoms with Gasteiger partial charge in [0.2, 0.25) is 0 Å². The summed E-state index contributed by atoms with van der Waals surface area (Å²) in [5, 5.41) is 3.43. The molecule has 130 valence electrons. The van der Waals surface area contributed by atoms with Crippen LogP contribution in [0.25, 0.3) is 0 Å². The van der Waals surface area contributed by atoms with Gasteiger partial charge in [-0.1, -0.05) is 56.3 Å². The van der Waals surface area contributed by atoms with Gasteiger partial charge in [-0.25, -0.2) is 0 Å². The molecule has 0 aliphatic heterocycles. The van der Waals surface area contributed by atoms with Crippen LogP contribution in [0.4, 0.5) is 0 Å². The molecule has 0 atom stereocenters. The lowest BCUT2D eigenvalue weighted by Gasteiger charge is -2.16. The van der Waals surface area contributed by atoms with Gasteiger partial charge in [0, 0.05) is 12.1 Å². The van der Waals surface area contributed by atoms with Gasteiger partial charge in [-0.2, -0.15) is 0 Å². The standard InChI is InChI=1S/C20H27NO3/c1-16(2)12-21-13-18-10-7-11-19(22-3)20(18)24-15-23-14-17-8-5-4-6-9-17/h4-11,16,21H,12-15H2,1-3H3. The molecule has 2 aromatic rings. The molecule has 4 nitrogen and oxygen atoms in total. The third-order valence-electron chi connectivity index (χ3n) is 3.55. The van der Waals surface area contributed by atoms with E-state index < -0.39 is 0 Å². The number of methoxy groups -OCH3 is 1. The van der Waals surface area contributed by atoms with Crippen molar-refractivity contribution in [1.29, 1.82) is 0 Å². The molecule has 0 saturated heterocycles. The first-order chi connectivity index (χ1) is 11.7. The smallest absolute Gasteiger partial charge is 0.189 e. The quantitative estimate of drug-likeness (QED) is 0.528. The van der Waals surface area contributed by atoms with Crippen molar-refractivity contribution in [1.82, 2.24) is 5.32 Å². The van der Waals surface area contributed by atoms with Crippen LogP contribution in [0.15, 0.2) is 48.5 Å². The molecule has 2 rings (SSSR count). The Morgan fingerprint density at radius 1 is 1.00 bits per heavy atom. The summed E-state index contributed by atoms with van der Waals surface area (Å²) in [6.45, 7) is 6.79. The molecule has 0 unspecified atom stereocenters. The van der Waals surface area contributed by atoms with Crippen molar-refractivity contribution < 1.29 is 14.2 Å². The Morgan fingerprint density at radius 3 is 2.50 bits per heavy atom. The number of rotatable bonds is 10. The minimum Gasteiger partial charge on any atom is -0.493 e. The zero-order chi connectivity index (χ0) is 17.2. The van der Waals surface area contributed by atoms with E-state index in [1.807, 2.05) is 48.5 Å². The van der Waals surface area contributed by atoms with Crippen LogP contribution in [0.1, 0.15) is 25.0 Å². The highest BCUT2D eigenvalue weighted by Crippen LogP contribution is 2.31. The molecule has 0 bridgehead atoms. The summed E-state index contributed by atoms with van der Waals surface area (Å²) >= 11 is 0. The second-order valence-electron chi connectivity index (χ2n) is 6.07. The Labute approximate surface area is 144 Å². The van der Waals surface area contributed by atoms with Gasteiger partial charge in [0.05, 0.1) is 13.7 Å². The maximum atomic E-state index is 5.85. The SMILES string of the molecule is COc1cccc(CNCC(C)C)c1OCOCc1ccccc1. The summed E-state index contributed by atoms with van der Waals surface area (Å²) in [6.07, 6.45) is 0. The van der Waals surface area contributed by atoms with Gasteiger partial charge in [0.1, 0.15) is 0 Å². The highest BCUT2D eigenvalue weighted by atomic mass is 16.7. The molecule has 0 aliphatic carbocycles. The summed E-state index contributed by atoms with van der Waals surface area (Å²) < 4.78 is 16.9. The van der Waals surface area contributed by atoms with E-state index >= 15 is 0 Å². The van der Waals surface area contributed by atoms with E-state index in [9.17, 15) is 0 Å². The molecule has 1 N–H and O–H groups in total. The highest BCUT2D eigenvalue weighted by molar-refractivity contribution is 5.46. The number of benzene rings is 2. The molecule has 0 heterocycles. The van der Waals surface area contributed by atoms with Crippen LogP contribution in [0.5, 0.6) is 11.5 Å². The Bertz CT molecular complexity index is 599. The van der Waals surface area contributed by atoms with Crippen molar-refractivity contribution in [2.24, 2.45) is 5.92 Å². The summed E-state index contributed by atoms with van der Waals surface area (Å²) in [7, 11) is 1.65. The number of nitrogens with one attached hydrogen (secondary N) is 1. The van der Waals surface area contributed by atoms with Crippen LogP contribution in [0, 0.1) is 5.92 Å². The minimum atomic E-state index is 0.187. The van der Waals surface area contributed by atoms with Gasteiger partial charge in [0.25, 0.3) is 0 Å². The van der Waals surface area contributed by atoms with Crippen molar-refractivity contribution in [2.45, 2.75) is 27.0 Å². The fourth-order valence-electron chi connectivity index (χ4n) is 2.35. The van der Waals surface area contributed by atoms with Crippen LogP contribution in [-0.4, -0.2) is 20.4 Å². The first-order valence-electron chi connectivity index (χ1n) is 8.31. The molecular formula is C20H27NO3. The van der Waals surface area contributed by atoms with E-state index in [4.69, 9.17) is 14.2 Å². The van der Waals surface area contributed by atoms with E-state index in [1.54, 1.807) is 7.11 Å². The lowest BCUT2D eigenvalue weighted by molar-refractivity contribution is 0.00318. The van der Waals surface area contributed by atoms with E-state index in [2.05, 4.69) is 19.2 Å². The highest BCUT2D eigenvalue weighted by Gasteiger charge is 2.10. The molecule has 2 aromatic carbocycles. The van der Waals surface area contributed by atoms with Crippen molar-refractivity contribution in [2.75, 3.05) is 20.4 Å². The van der Waals surface area contributed by atoms with Crippen LogP contribution in [0.3, 0.4) is 0 Å². The molecule has 4 heteroatoms. The summed E-state index contributed by atoms with van der Waals surface area (Å²) in [6, 6.07) is 16.0. The van der Waals surface area contributed by atoms with Crippen LogP contribution >= 0.6 is 0 Å². The molecule has 0 spiro atoms. The Balaban J connectivity index is 1.91. The summed E-state index contributed by atoms with van der Waals surface area (Å²) in [4.78, 5) is 0. The summed E-state index contributed by atoms with van der Waals surface area (Å²) in [5.41, 5.74) is 2.19. The molecule has 0 radical (unpaired) electrons.